The number of piperazine rings is 1. The Hall–Kier alpha value is -0.660. The van der Waals surface area contributed by atoms with Gasteiger partial charge >= 0.3 is 0 Å². The number of sulfonamides is 1. The average Bonchev–Trinajstić information content (AvgIpc) is 2.45. The summed E-state index contributed by atoms with van der Waals surface area (Å²) in [5.74, 6) is 0.254. The summed E-state index contributed by atoms with van der Waals surface area (Å²) in [4.78, 5) is 13.9. The van der Waals surface area contributed by atoms with Gasteiger partial charge in [-0.15, -0.1) is 0 Å². The summed E-state index contributed by atoms with van der Waals surface area (Å²) >= 11 is 0. The zero-order valence-corrected chi connectivity index (χ0v) is 13.5. The molecular weight excluding hydrogens is 278 g/mol. The first-order chi connectivity index (χ1) is 9.33. The Kier molecular flexibility index (Phi) is 6.42. The van der Waals surface area contributed by atoms with E-state index in [4.69, 9.17) is 5.73 Å². The number of carbonyl (C=O) groups excluding carboxylic acids is 1. The van der Waals surface area contributed by atoms with Crippen molar-refractivity contribution >= 4 is 15.9 Å². The first kappa shape index (κ1) is 17.4. The quantitative estimate of drug-likeness (QED) is 0.762. The molecule has 1 saturated heterocycles. The number of nitrogens with two attached hydrogens (primary N) is 1. The number of rotatable bonds is 6. The summed E-state index contributed by atoms with van der Waals surface area (Å²) in [6.07, 6.45) is 1.47. The lowest BCUT2D eigenvalue weighted by Gasteiger charge is -2.36. The van der Waals surface area contributed by atoms with E-state index in [2.05, 4.69) is 0 Å². The molecule has 1 rings (SSSR count). The molecular formula is C13H27N3O3S. The van der Waals surface area contributed by atoms with E-state index in [1.165, 1.54) is 4.31 Å². The maximum atomic E-state index is 12.2. The first-order valence-corrected chi connectivity index (χ1v) is 8.96. The Bertz CT molecular complexity index is 417. The highest BCUT2D eigenvalue weighted by atomic mass is 32.2. The molecule has 1 unspecified atom stereocenters. The Morgan fingerprint density at radius 2 is 1.75 bits per heavy atom. The molecule has 0 aromatic rings. The van der Waals surface area contributed by atoms with Crippen molar-refractivity contribution in [3.05, 3.63) is 0 Å². The Balaban J connectivity index is 2.56. The van der Waals surface area contributed by atoms with Crippen LogP contribution in [0.15, 0.2) is 0 Å². The highest BCUT2D eigenvalue weighted by molar-refractivity contribution is 7.89. The summed E-state index contributed by atoms with van der Waals surface area (Å²) in [5.41, 5.74) is 5.95. The minimum Gasteiger partial charge on any atom is -0.339 e. The number of hydrogen-bond donors (Lipinski definition) is 1. The van der Waals surface area contributed by atoms with Gasteiger partial charge in [-0.05, 0) is 12.3 Å². The molecule has 1 fully saturated rings. The van der Waals surface area contributed by atoms with E-state index in [0.29, 0.717) is 32.6 Å². The van der Waals surface area contributed by atoms with Gasteiger partial charge in [0.15, 0.2) is 0 Å². The van der Waals surface area contributed by atoms with E-state index >= 15 is 0 Å². The minimum absolute atomic E-state index is 0.0631. The van der Waals surface area contributed by atoms with Gasteiger partial charge in [0.25, 0.3) is 0 Å². The maximum absolute atomic E-state index is 12.2. The number of carbonyl (C=O) groups is 1. The summed E-state index contributed by atoms with van der Waals surface area (Å²) in [6, 6.07) is -0.487. The standard InChI is InChI=1S/C13H27N3O3S/c1-4-10-20(18,19)16-8-6-15(7-9-16)13(17)12(14)11(3)5-2/h11-12H,4-10,14H2,1-3H3/t11?,12-/m0/s1. The van der Waals surface area contributed by atoms with Crippen molar-refractivity contribution < 1.29 is 13.2 Å². The zero-order valence-electron chi connectivity index (χ0n) is 12.7. The van der Waals surface area contributed by atoms with Crippen molar-refractivity contribution in [2.75, 3.05) is 31.9 Å². The molecule has 2 N–H and O–H groups in total. The SMILES string of the molecule is CCCS(=O)(=O)N1CCN(C(=O)[C@@H](N)C(C)CC)CC1. The molecule has 20 heavy (non-hydrogen) atoms. The number of amides is 1. The van der Waals surface area contributed by atoms with Gasteiger partial charge in [-0.3, -0.25) is 4.79 Å². The zero-order chi connectivity index (χ0) is 15.3. The van der Waals surface area contributed by atoms with Gasteiger partial charge in [0.2, 0.25) is 15.9 Å². The summed E-state index contributed by atoms with van der Waals surface area (Å²) in [6.45, 7) is 7.44. The van der Waals surface area contributed by atoms with Crippen LogP contribution in [0, 0.1) is 5.92 Å². The van der Waals surface area contributed by atoms with E-state index in [0.717, 1.165) is 6.42 Å². The smallest absolute Gasteiger partial charge is 0.239 e. The molecule has 0 aromatic heterocycles. The fraction of sp³-hybridized carbons (Fsp3) is 0.923. The van der Waals surface area contributed by atoms with Crippen molar-refractivity contribution in [3.63, 3.8) is 0 Å². The van der Waals surface area contributed by atoms with Crippen molar-refractivity contribution in [1.29, 1.82) is 0 Å². The lowest BCUT2D eigenvalue weighted by atomic mass is 9.99. The van der Waals surface area contributed by atoms with Gasteiger partial charge in [-0.2, -0.15) is 4.31 Å². The van der Waals surface area contributed by atoms with Crippen molar-refractivity contribution in [1.82, 2.24) is 9.21 Å². The molecule has 0 bridgehead atoms. The van der Waals surface area contributed by atoms with Gasteiger partial charge in [0, 0.05) is 26.2 Å². The van der Waals surface area contributed by atoms with Crippen molar-refractivity contribution in [3.8, 4) is 0 Å². The van der Waals surface area contributed by atoms with Gasteiger partial charge < -0.3 is 10.6 Å². The molecule has 0 aromatic carbocycles. The highest BCUT2D eigenvalue weighted by Gasteiger charge is 2.31. The van der Waals surface area contributed by atoms with Gasteiger partial charge in [-0.1, -0.05) is 27.2 Å². The molecule has 7 heteroatoms. The number of hydrogen-bond acceptors (Lipinski definition) is 4. The predicted molar refractivity (Wildman–Crippen MR) is 79.7 cm³/mol. The van der Waals surface area contributed by atoms with Crippen molar-refractivity contribution in [2.45, 2.75) is 39.7 Å². The molecule has 0 aliphatic carbocycles. The first-order valence-electron chi connectivity index (χ1n) is 7.35. The van der Waals surface area contributed by atoms with Gasteiger partial charge in [0.1, 0.15) is 0 Å². The second-order valence-corrected chi connectivity index (χ2v) is 7.54. The van der Waals surface area contributed by atoms with Crippen LogP contribution < -0.4 is 5.73 Å². The lowest BCUT2D eigenvalue weighted by molar-refractivity contribution is -0.134. The summed E-state index contributed by atoms with van der Waals surface area (Å²) < 4.78 is 25.4. The fourth-order valence-corrected chi connectivity index (χ4v) is 3.78. The fourth-order valence-electron chi connectivity index (χ4n) is 2.28. The molecule has 0 saturated carbocycles. The van der Waals surface area contributed by atoms with Crippen LogP contribution in [0.2, 0.25) is 0 Å². The van der Waals surface area contributed by atoms with Crippen LogP contribution in [0.1, 0.15) is 33.6 Å². The third-order valence-corrected chi connectivity index (χ3v) is 6.02. The minimum atomic E-state index is -3.16. The topological polar surface area (TPSA) is 83.7 Å². The Labute approximate surface area is 122 Å². The van der Waals surface area contributed by atoms with Crippen LogP contribution in [0.4, 0.5) is 0 Å². The molecule has 118 valence electrons. The predicted octanol–water partition coefficient (Wildman–Crippen LogP) is 0.244. The lowest BCUT2D eigenvalue weighted by Crippen LogP contribution is -2.55. The molecule has 2 atom stereocenters. The van der Waals surface area contributed by atoms with E-state index in [-0.39, 0.29) is 17.6 Å². The van der Waals surface area contributed by atoms with Crippen LogP contribution in [0.25, 0.3) is 0 Å². The largest absolute Gasteiger partial charge is 0.339 e. The average molecular weight is 305 g/mol. The molecule has 1 aliphatic rings. The van der Waals surface area contributed by atoms with E-state index < -0.39 is 16.1 Å². The molecule has 1 heterocycles. The molecule has 1 amide bonds. The normalized spacial score (nSPS) is 20.7. The second-order valence-electron chi connectivity index (χ2n) is 5.45. The van der Waals surface area contributed by atoms with E-state index in [9.17, 15) is 13.2 Å². The third-order valence-electron chi connectivity index (χ3n) is 3.95. The number of nitrogens with zero attached hydrogens (tertiary/aromatic N) is 2. The van der Waals surface area contributed by atoms with Crippen LogP contribution in [-0.4, -0.2) is 61.5 Å². The molecule has 6 nitrogen and oxygen atoms in total. The third kappa shape index (κ3) is 4.17. The van der Waals surface area contributed by atoms with Gasteiger partial charge in [-0.25, -0.2) is 8.42 Å². The Morgan fingerprint density at radius 1 is 1.20 bits per heavy atom. The van der Waals surface area contributed by atoms with E-state index in [1.807, 2.05) is 20.8 Å². The van der Waals surface area contributed by atoms with Crippen LogP contribution >= 0.6 is 0 Å². The molecule has 0 radical (unpaired) electrons. The molecule has 0 spiro atoms. The second kappa shape index (κ2) is 7.38. The molecule has 1 aliphatic heterocycles. The van der Waals surface area contributed by atoms with Crippen LogP contribution in [0.3, 0.4) is 0 Å². The van der Waals surface area contributed by atoms with E-state index in [1.54, 1.807) is 4.90 Å². The van der Waals surface area contributed by atoms with Crippen LogP contribution in [0.5, 0.6) is 0 Å². The maximum Gasteiger partial charge on any atom is 0.239 e. The highest BCUT2D eigenvalue weighted by Crippen LogP contribution is 2.13. The summed E-state index contributed by atoms with van der Waals surface area (Å²) in [7, 11) is -3.16. The van der Waals surface area contributed by atoms with Gasteiger partial charge in [0.05, 0.1) is 11.8 Å². The monoisotopic (exact) mass is 305 g/mol. The Morgan fingerprint density at radius 3 is 2.20 bits per heavy atom. The van der Waals surface area contributed by atoms with Crippen molar-refractivity contribution in [2.24, 2.45) is 11.7 Å². The summed E-state index contributed by atoms with van der Waals surface area (Å²) in [5, 5.41) is 0. The van der Waals surface area contributed by atoms with Crippen LogP contribution in [-0.2, 0) is 14.8 Å².